The molecular weight excluding hydrogens is 136 g/mol. The molecule has 1 heteroatoms. The molecule has 0 aromatic carbocycles. The van der Waals surface area contributed by atoms with E-state index in [1.54, 1.807) is 6.08 Å². The highest BCUT2D eigenvalue weighted by Crippen LogP contribution is 2.16. The van der Waals surface area contributed by atoms with E-state index in [1.807, 2.05) is 13.0 Å². The number of hydrogen-bond acceptors (Lipinski definition) is 1. The number of ketones is 1. The third kappa shape index (κ3) is 3.35. The van der Waals surface area contributed by atoms with Gasteiger partial charge in [0, 0.05) is 5.92 Å². The molecule has 0 aliphatic carbocycles. The Morgan fingerprint density at radius 1 is 1.45 bits per heavy atom. The molecule has 0 spiro atoms. The van der Waals surface area contributed by atoms with E-state index in [2.05, 4.69) is 20.8 Å². The first kappa shape index (κ1) is 10.4. The van der Waals surface area contributed by atoms with Gasteiger partial charge in [-0.2, -0.15) is 0 Å². The van der Waals surface area contributed by atoms with Crippen LogP contribution in [0.2, 0.25) is 0 Å². The molecule has 0 aliphatic rings. The quantitative estimate of drug-likeness (QED) is 0.569. The molecule has 0 rings (SSSR count). The zero-order valence-electron chi connectivity index (χ0n) is 7.92. The summed E-state index contributed by atoms with van der Waals surface area (Å²) in [6, 6.07) is 0. The summed E-state index contributed by atoms with van der Waals surface area (Å²) in [6.45, 7) is 8.13. The van der Waals surface area contributed by atoms with Gasteiger partial charge in [0.15, 0.2) is 5.78 Å². The van der Waals surface area contributed by atoms with Crippen molar-refractivity contribution in [1.29, 1.82) is 0 Å². The van der Waals surface area contributed by atoms with Crippen molar-refractivity contribution < 1.29 is 4.79 Å². The Labute approximate surface area is 69.5 Å². The monoisotopic (exact) mass is 154 g/mol. The Morgan fingerprint density at radius 3 is 2.27 bits per heavy atom. The zero-order chi connectivity index (χ0) is 8.85. The van der Waals surface area contributed by atoms with Crippen LogP contribution in [0.4, 0.5) is 0 Å². The number of carbonyl (C=O) groups excluding carboxylic acids is 1. The molecule has 0 aromatic heterocycles. The van der Waals surface area contributed by atoms with Crippen molar-refractivity contribution in [2.24, 2.45) is 11.8 Å². The van der Waals surface area contributed by atoms with E-state index in [-0.39, 0.29) is 11.7 Å². The van der Waals surface area contributed by atoms with Crippen molar-refractivity contribution in [1.82, 2.24) is 0 Å². The summed E-state index contributed by atoms with van der Waals surface area (Å²) in [5.41, 5.74) is 0. The second-order valence-electron chi connectivity index (χ2n) is 3.16. The fourth-order valence-electron chi connectivity index (χ4n) is 1.29. The van der Waals surface area contributed by atoms with Gasteiger partial charge < -0.3 is 0 Å². The summed E-state index contributed by atoms with van der Waals surface area (Å²) in [5, 5.41) is 0. The molecule has 0 aliphatic heterocycles. The van der Waals surface area contributed by atoms with Gasteiger partial charge in [-0.3, -0.25) is 4.79 Å². The van der Waals surface area contributed by atoms with Crippen LogP contribution in [0.15, 0.2) is 12.2 Å². The molecule has 64 valence electrons. The maximum Gasteiger partial charge on any atom is 0.158 e. The summed E-state index contributed by atoms with van der Waals surface area (Å²) < 4.78 is 0. The minimum Gasteiger partial charge on any atom is -0.295 e. The van der Waals surface area contributed by atoms with Crippen LogP contribution in [0.1, 0.15) is 34.1 Å². The van der Waals surface area contributed by atoms with Gasteiger partial charge in [0.1, 0.15) is 0 Å². The lowest BCUT2D eigenvalue weighted by Crippen LogP contribution is -2.17. The number of allylic oxidation sites excluding steroid dienone is 2. The fraction of sp³-hybridized carbons (Fsp3) is 0.700. The molecule has 1 unspecified atom stereocenters. The highest BCUT2D eigenvalue weighted by molar-refractivity contribution is 5.91. The zero-order valence-corrected chi connectivity index (χ0v) is 7.92. The summed E-state index contributed by atoms with van der Waals surface area (Å²) in [7, 11) is 0. The van der Waals surface area contributed by atoms with Crippen LogP contribution < -0.4 is 0 Å². The Hall–Kier alpha value is -0.590. The normalized spacial score (nSPS) is 14.3. The average Bonchev–Trinajstić information content (AvgIpc) is 1.88. The van der Waals surface area contributed by atoms with Crippen LogP contribution in [0.3, 0.4) is 0 Å². The summed E-state index contributed by atoms with van der Waals surface area (Å²) in [6.07, 6.45) is 4.43. The Kier molecular flexibility index (Phi) is 4.84. The average molecular weight is 154 g/mol. The summed E-state index contributed by atoms with van der Waals surface area (Å²) in [4.78, 5) is 11.3. The molecule has 0 aromatic rings. The van der Waals surface area contributed by atoms with Crippen molar-refractivity contribution in [2.75, 3.05) is 0 Å². The summed E-state index contributed by atoms with van der Waals surface area (Å²) in [5.74, 6) is 0.944. The van der Waals surface area contributed by atoms with E-state index in [1.165, 1.54) is 0 Å². The van der Waals surface area contributed by atoms with Crippen molar-refractivity contribution in [2.45, 2.75) is 34.1 Å². The van der Waals surface area contributed by atoms with Crippen LogP contribution >= 0.6 is 0 Å². The molecule has 0 amide bonds. The van der Waals surface area contributed by atoms with E-state index in [0.29, 0.717) is 5.92 Å². The largest absolute Gasteiger partial charge is 0.295 e. The predicted octanol–water partition coefficient (Wildman–Crippen LogP) is 2.81. The van der Waals surface area contributed by atoms with E-state index in [4.69, 9.17) is 0 Å². The third-order valence-electron chi connectivity index (χ3n) is 1.94. The van der Waals surface area contributed by atoms with Gasteiger partial charge in [-0.25, -0.2) is 0 Å². The highest BCUT2D eigenvalue weighted by Gasteiger charge is 2.16. The SMILES string of the molecule is C/C=C/C(=O)C(CC)C(C)C. The van der Waals surface area contributed by atoms with Crippen LogP contribution in [0.25, 0.3) is 0 Å². The third-order valence-corrected chi connectivity index (χ3v) is 1.94. The predicted molar refractivity (Wildman–Crippen MR) is 48.4 cm³/mol. The highest BCUT2D eigenvalue weighted by atomic mass is 16.1. The number of carbonyl (C=O) groups is 1. The van der Waals surface area contributed by atoms with Gasteiger partial charge in [0.2, 0.25) is 0 Å². The fourth-order valence-corrected chi connectivity index (χ4v) is 1.29. The molecule has 0 fully saturated rings. The van der Waals surface area contributed by atoms with Crippen molar-refractivity contribution in [3.63, 3.8) is 0 Å². The van der Waals surface area contributed by atoms with Crippen molar-refractivity contribution in [3.8, 4) is 0 Å². The van der Waals surface area contributed by atoms with Gasteiger partial charge in [-0.1, -0.05) is 26.8 Å². The van der Waals surface area contributed by atoms with Crippen LogP contribution in [0.5, 0.6) is 0 Å². The maximum absolute atomic E-state index is 11.3. The van der Waals surface area contributed by atoms with Crippen LogP contribution in [-0.4, -0.2) is 5.78 Å². The lowest BCUT2D eigenvalue weighted by molar-refractivity contribution is -0.119. The molecule has 0 saturated carbocycles. The molecule has 0 saturated heterocycles. The molecule has 11 heavy (non-hydrogen) atoms. The number of hydrogen-bond donors (Lipinski definition) is 0. The molecule has 1 atom stereocenters. The first-order valence-electron chi connectivity index (χ1n) is 4.30. The minimum absolute atomic E-state index is 0.214. The second kappa shape index (κ2) is 5.11. The maximum atomic E-state index is 11.3. The van der Waals surface area contributed by atoms with Gasteiger partial charge in [0.25, 0.3) is 0 Å². The first-order valence-corrected chi connectivity index (χ1v) is 4.30. The van der Waals surface area contributed by atoms with Crippen molar-refractivity contribution >= 4 is 5.78 Å². The van der Waals surface area contributed by atoms with Crippen LogP contribution in [-0.2, 0) is 4.79 Å². The molecular formula is C10H18O. The topological polar surface area (TPSA) is 17.1 Å². The molecule has 0 bridgehead atoms. The van der Waals surface area contributed by atoms with Gasteiger partial charge in [0.05, 0.1) is 0 Å². The smallest absolute Gasteiger partial charge is 0.158 e. The van der Waals surface area contributed by atoms with Crippen molar-refractivity contribution in [3.05, 3.63) is 12.2 Å². The molecule has 0 heterocycles. The lowest BCUT2D eigenvalue weighted by Gasteiger charge is -2.14. The molecule has 0 N–H and O–H groups in total. The Morgan fingerprint density at radius 2 is 2.00 bits per heavy atom. The van der Waals surface area contributed by atoms with E-state index in [0.717, 1.165) is 6.42 Å². The lowest BCUT2D eigenvalue weighted by atomic mass is 9.89. The Balaban J connectivity index is 4.14. The Bertz CT molecular complexity index is 145. The van der Waals surface area contributed by atoms with E-state index < -0.39 is 0 Å². The standard InChI is InChI=1S/C10H18O/c1-5-7-10(11)9(6-2)8(3)4/h5,7-9H,6H2,1-4H3/b7-5+. The molecule has 1 nitrogen and oxygen atoms in total. The van der Waals surface area contributed by atoms with E-state index >= 15 is 0 Å². The second-order valence-corrected chi connectivity index (χ2v) is 3.16. The molecule has 0 radical (unpaired) electrons. The minimum atomic E-state index is 0.214. The number of rotatable bonds is 4. The van der Waals surface area contributed by atoms with Gasteiger partial charge >= 0.3 is 0 Å². The van der Waals surface area contributed by atoms with Gasteiger partial charge in [-0.05, 0) is 25.3 Å². The van der Waals surface area contributed by atoms with Gasteiger partial charge in [-0.15, -0.1) is 0 Å². The first-order chi connectivity index (χ1) is 5.13. The van der Waals surface area contributed by atoms with E-state index in [9.17, 15) is 4.79 Å². The van der Waals surface area contributed by atoms with Crippen LogP contribution in [0, 0.1) is 11.8 Å². The summed E-state index contributed by atoms with van der Waals surface area (Å²) >= 11 is 0.